The SMILES string of the molecule is Cc1ccc(CN2CCOC[C@@H]2C)nc1. The third-order valence-corrected chi connectivity index (χ3v) is 2.84. The fourth-order valence-electron chi connectivity index (χ4n) is 1.80. The lowest BCUT2D eigenvalue weighted by atomic mass is 10.2. The summed E-state index contributed by atoms with van der Waals surface area (Å²) in [4.78, 5) is 6.84. The zero-order chi connectivity index (χ0) is 10.7. The molecule has 0 amide bonds. The molecule has 0 unspecified atom stereocenters. The van der Waals surface area contributed by atoms with E-state index in [1.807, 2.05) is 6.20 Å². The quantitative estimate of drug-likeness (QED) is 0.735. The highest BCUT2D eigenvalue weighted by Crippen LogP contribution is 2.10. The Bertz CT molecular complexity index is 310. The van der Waals surface area contributed by atoms with Crippen molar-refractivity contribution in [2.45, 2.75) is 26.4 Å². The molecule has 2 heterocycles. The molecule has 1 aromatic rings. The highest BCUT2D eigenvalue weighted by molar-refractivity contribution is 5.12. The molecule has 0 N–H and O–H groups in total. The van der Waals surface area contributed by atoms with Crippen molar-refractivity contribution in [3.05, 3.63) is 29.6 Å². The van der Waals surface area contributed by atoms with Gasteiger partial charge in [0.1, 0.15) is 0 Å². The number of morpholine rings is 1. The van der Waals surface area contributed by atoms with Crippen molar-refractivity contribution >= 4 is 0 Å². The van der Waals surface area contributed by atoms with Crippen molar-refractivity contribution in [1.82, 2.24) is 9.88 Å². The van der Waals surface area contributed by atoms with Gasteiger partial charge in [-0.3, -0.25) is 9.88 Å². The zero-order valence-electron chi connectivity index (χ0n) is 9.44. The van der Waals surface area contributed by atoms with Gasteiger partial charge in [0, 0.05) is 25.3 Å². The average Bonchev–Trinajstić information content (AvgIpc) is 2.25. The van der Waals surface area contributed by atoms with Gasteiger partial charge in [0.2, 0.25) is 0 Å². The Morgan fingerprint density at radius 3 is 3.07 bits per heavy atom. The van der Waals surface area contributed by atoms with Crippen LogP contribution in [0.15, 0.2) is 18.3 Å². The molecule has 1 fully saturated rings. The minimum Gasteiger partial charge on any atom is -0.379 e. The molecule has 2 rings (SSSR count). The van der Waals surface area contributed by atoms with Crippen LogP contribution in [-0.2, 0) is 11.3 Å². The molecule has 1 aromatic heterocycles. The molecular formula is C12H18N2O. The van der Waals surface area contributed by atoms with Crippen molar-refractivity contribution in [3.63, 3.8) is 0 Å². The fraction of sp³-hybridized carbons (Fsp3) is 0.583. The highest BCUT2D eigenvalue weighted by atomic mass is 16.5. The molecule has 82 valence electrons. The first-order chi connectivity index (χ1) is 7.25. The van der Waals surface area contributed by atoms with Crippen LogP contribution in [0.3, 0.4) is 0 Å². The second-order valence-electron chi connectivity index (χ2n) is 4.22. The van der Waals surface area contributed by atoms with Gasteiger partial charge in [-0.15, -0.1) is 0 Å². The van der Waals surface area contributed by atoms with Crippen LogP contribution in [0, 0.1) is 6.92 Å². The Balaban J connectivity index is 1.98. The summed E-state index contributed by atoms with van der Waals surface area (Å²) < 4.78 is 5.41. The van der Waals surface area contributed by atoms with Gasteiger partial charge in [0.15, 0.2) is 0 Å². The molecule has 0 saturated carbocycles. The molecule has 0 aliphatic carbocycles. The highest BCUT2D eigenvalue weighted by Gasteiger charge is 2.18. The van der Waals surface area contributed by atoms with E-state index < -0.39 is 0 Å². The molecule has 3 nitrogen and oxygen atoms in total. The van der Waals surface area contributed by atoms with E-state index in [1.165, 1.54) is 5.56 Å². The Morgan fingerprint density at radius 2 is 2.40 bits per heavy atom. The minimum absolute atomic E-state index is 0.502. The lowest BCUT2D eigenvalue weighted by Crippen LogP contribution is -2.43. The van der Waals surface area contributed by atoms with Crippen molar-refractivity contribution in [2.24, 2.45) is 0 Å². The van der Waals surface area contributed by atoms with Gasteiger partial charge < -0.3 is 4.74 Å². The maximum atomic E-state index is 5.41. The van der Waals surface area contributed by atoms with Gasteiger partial charge in [-0.2, -0.15) is 0 Å². The van der Waals surface area contributed by atoms with Gasteiger partial charge in [-0.1, -0.05) is 6.07 Å². The molecule has 1 atom stereocenters. The molecule has 3 heteroatoms. The number of aromatic nitrogens is 1. The van der Waals surface area contributed by atoms with Crippen molar-refractivity contribution in [2.75, 3.05) is 19.8 Å². The number of rotatable bonds is 2. The topological polar surface area (TPSA) is 25.4 Å². The monoisotopic (exact) mass is 206 g/mol. The number of hydrogen-bond acceptors (Lipinski definition) is 3. The number of hydrogen-bond donors (Lipinski definition) is 0. The smallest absolute Gasteiger partial charge is 0.0619 e. The summed E-state index contributed by atoms with van der Waals surface area (Å²) in [5.41, 5.74) is 2.36. The number of pyridine rings is 1. The molecule has 15 heavy (non-hydrogen) atoms. The summed E-state index contributed by atoms with van der Waals surface area (Å²) in [5.74, 6) is 0. The molecule has 0 aromatic carbocycles. The van der Waals surface area contributed by atoms with E-state index in [-0.39, 0.29) is 0 Å². The van der Waals surface area contributed by atoms with E-state index in [9.17, 15) is 0 Å². The van der Waals surface area contributed by atoms with Crippen LogP contribution in [0.4, 0.5) is 0 Å². The van der Waals surface area contributed by atoms with Crippen LogP contribution in [0.25, 0.3) is 0 Å². The Hall–Kier alpha value is -0.930. The van der Waals surface area contributed by atoms with Crippen molar-refractivity contribution < 1.29 is 4.74 Å². The second-order valence-corrected chi connectivity index (χ2v) is 4.22. The molecule has 1 aliphatic rings. The largest absolute Gasteiger partial charge is 0.379 e. The van der Waals surface area contributed by atoms with Gasteiger partial charge in [0.05, 0.1) is 18.9 Å². The lowest BCUT2D eigenvalue weighted by Gasteiger charge is -2.32. The summed E-state index contributed by atoms with van der Waals surface area (Å²) in [5, 5.41) is 0. The van der Waals surface area contributed by atoms with Crippen molar-refractivity contribution in [1.29, 1.82) is 0 Å². The summed E-state index contributed by atoms with van der Waals surface area (Å²) in [6, 6.07) is 4.73. The maximum absolute atomic E-state index is 5.41. The zero-order valence-corrected chi connectivity index (χ0v) is 9.44. The predicted molar refractivity (Wildman–Crippen MR) is 59.7 cm³/mol. The first kappa shape index (κ1) is 10.6. The van der Waals surface area contributed by atoms with Gasteiger partial charge in [-0.25, -0.2) is 0 Å². The van der Waals surface area contributed by atoms with Crippen LogP contribution < -0.4 is 0 Å². The van der Waals surface area contributed by atoms with Gasteiger partial charge in [-0.05, 0) is 25.5 Å². The van der Waals surface area contributed by atoms with Gasteiger partial charge >= 0.3 is 0 Å². The second kappa shape index (κ2) is 4.73. The Labute approximate surface area is 91.1 Å². The van der Waals surface area contributed by atoms with Crippen LogP contribution in [0.5, 0.6) is 0 Å². The maximum Gasteiger partial charge on any atom is 0.0619 e. The number of ether oxygens (including phenoxy) is 1. The molecule has 1 aliphatic heterocycles. The molecule has 0 radical (unpaired) electrons. The summed E-state index contributed by atoms with van der Waals surface area (Å²) in [6.45, 7) is 7.89. The predicted octanol–water partition coefficient (Wildman–Crippen LogP) is 1.61. The molecular weight excluding hydrogens is 188 g/mol. The lowest BCUT2D eigenvalue weighted by molar-refractivity contribution is -0.00490. The number of nitrogens with zero attached hydrogens (tertiary/aromatic N) is 2. The van der Waals surface area contributed by atoms with E-state index >= 15 is 0 Å². The van der Waals surface area contributed by atoms with Crippen molar-refractivity contribution in [3.8, 4) is 0 Å². The van der Waals surface area contributed by atoms with E-state index in [0.717, 1.165) is 32.0 Å². The molecule has 1 saturated heterocycles. The normalized spacial score (nSPS) is 22.9. The third kappa shape index (κ3) is 2.76. The van der Waals surface area contributed by atoms with Crippen LogP contribution in [-0.4, -0.2) is 35.7 Å². The Morgan fingerprint density at radius 1 is 1.53 bits per heavy atom. The van der Waals surface area contributed by atoms with Crippen LogP contribution >= 0.6 is 0 Å². The first-order valence-electron chi connectivity index (χ1n) is 5.49. The van der Waals surface area contributed by atoms with E-state index in [4.69, 9.17) is 4.74 Å². The molecule has 0 bridgehead atoms. The van der Waals surface area contributed by atoms with E-state index in [1.54, 1.807) is 0 Å². The van der Waals surface area contributed by atoms with Crippen LogP contribution in [0.2, 0.25) is 0 Å². The van der Waals surface area contributed by atoms with E-state index in [2.05, 4.69) is 35.9 Å². The standard InChI is InChI=1S/C12H18N2O/c1-10-3-4-12(13-7-10)8-14-5-6-15-9-11(14)2/h3-4,7,11H,5-6,8-9H2,1-2H3/t11-/m0/s1. The van der Waals surface area contributed by atoms with Gasteiger partial charge in [0.25, 0.3) is 0 Å². The fourth-order valence-corrected chi connectivity index (χ4v) is 1.80. The summed E-state index contributed by atoms with van der Waals surface area (Å²) in [6.07, 6.45) is 1.93. The summed E-state index contributed by atoms with van der Waals surface area (Å²) in [7, 11) is 0. The molecule has 0 spiro atoms. The minimum atomic E-state index is 0.502. The van der Waals surface area contributed by atoms with E-state index in [0.29, 0.717) is 6.04 Å². The third-order valence-electron chi connectivity index (χ3n) is 2.84. The average molecular weight is 206 g/mol. The Kier molecular flexibility index (Phi) is 3.34. The first-order valence-corrected chi connectivity index (χ1v) is 5.49. The van der Waals surface area contributed by atoms with Crippen LogP contribution in [0.1, 0.15) is 18.2 Å². The summed E-state index contributed by atoms with van der Waals surface area (Å²) >= 11 is 0. The number of aryl methyl sites for hydroxylation is 1.